The van der Waals surface area contributed by atoms with Crippen LogP contribution in [0.1, 0.15) is 46.3 Å². The van der Waals surface area contributed by atoms with Crippen LogP contribution in [0.5, 0.6) is 0 Å². The average Bonchev–Trinajstić information content (AvgIpc) is 3.30. The van der Waals surface area contributed by atoms with Crippen LogP contribution in [0.25, 0.3) is 0 Å². The number of nitrogens with zero attached hydrogens (tertiary/aromatic N) is 5. The van der Waals surface area contributed by atoms with Crippen LogP contribution >= 0.6 is 0 Å². The van der Waals surface area contributed by atoms with E-state index in [4.69, 9.17) is 0 Å². The third kappa shape index (κ3) is 4.79. The van der Waals surface area contributed by atoms with Gasteiger partial charge in [-0.3, -0.25) is 19.5 Å². The summed E-state index contributed by atoms with van der Waals surface area (Å²) in [5.41, 5.74) is 0.999. The van der Waals surface area contributed by atoms with E-state index in [0.29, 0.717) is 30.8 Å². The van der Waals surface area contributed by atoms with Gasteiger partial charge in [-0.15, -0.1) is 10.2 Å². The van der Waals surface area contributed by atoms with Gasteiger partial charge in [0.25, 0.3) is 11.8 Å². The number of aromatic nitrogens is 3. The summed E-state index contributed by atoms with van der Waals surface area (Å²) in [6.07, 6.45) is 4.13. The number of rotatable bonds is 9. The lowest BCUT2D eigenvalue weighted by Gasteiger charge is -2.15. The van der Waals surface area contributed by atoms with Gasteiger partial charge >= 0.3 is 0 Å². The van der Waals surface area contributed by atoms with Crippen molar-refractivity contribution in [2.24, 2.45) is 4.99 Å². The second-order valence-electron chi connectivity index (χ2n) is 6.73. The third-order valence-electron chi connectivity index (χ3n) is 4.86. The molecule has 1 aliphatic rings. The SMILES string of the molecule is CCc1nncn1CCNC(=NC)NCCCCN1C(=O)c2ccccc2C1=O. The highest BCUT2D eigenvalue weighted by molar-refractivity contribution is 6.21. The van der Waals surface area contributed by atoms with E-state index in [-0.39, 0.29) is 11.8 Å². The summed E-state index contributed by atoms with van der Waals surface area (Å²) in [4.78, 5) is 30.2. The van der Waals surface area contributed by atoms with Crippen LogP contribution in [0.4, 0.5) is 0 Å². The molecule has 154 valence electrons. The predicted octanol–water partition coefficient (Wildman–Crippen LogP) is 1.08. The van der Waals surface area contributed by atoms with E-state index in [0.717, 1.165) is 37.6 Å². The van der Waals surface area contributed by atoms with Gasteiger partial charge in [0.05, 0.1) is 11.1 Å². The van der Waals surface area contributed by atoms with Crippen molar-refractivity contribution in [1.29, 1.82) is 0 Å². The lowest BCUT2D eigenvalue weighted by atomic mass is 10.1. The van der Waals surface area contributed by atoms with Crippen LogP contribution < -0.4 is 10.6 Å². The molecule has 0 radical (unpaired) electrons. The summed E-state index contributed by atoms with van der Waals surface area (Å²) in [5.74, 6) is 1.28. The molecule has 0 bridgehead atoms. The predicted molar refractivity (Wildman–Crippen MR) is 110 cm³/mol. The molecule has 2 amide bonds. The number of hydrogen-bond donors (Lipinski definition) is 2. The van der Waals surface area contributed by atoms with E-state index in [1.807, 2.05) is 4.57 Å². The maximum absolute atomic E-state index is 12.3. The maximum Gasteiger partial charge on any atom is 0.261 e. The first kappa shape index (κ1) is 20.5. The molecular weight excluding hydrogens is 370 g/mol. The average molecular weight is 397 g/mol. The largest absolute Gasteiger partial charge is 0.356 e. The molecule has 2 aromatic rings. The van der Waals surface area contributed by atoms with Crippen molar-refractivity contribution in [2.45, 2.75) is 32.7 Å². The lowest BCUT2D eigenvalue weighted by Crippen LogP contribution is -2.39. The summed E-state index contributed by atoms with van der Waals surface area (Å²) >= 11 is 0. The van der Waals surface area contributed by atoms with Crippen LogP contribution in [0.2, 0.25) is 0 Å². The van der Waals surface area contributed by atoms with Crippen molar-refractivity contribution >= 4 is 17.8 Å². The van der Waals surface area contributed by atoms with Gasteiger partial charge < -0.3 is 15.2 Å². The lowest BCUT2D eigenvalue weighted by molar-refractivity contribution is 0.0652. The third-order valence-corrected chi connectivity index (χ3v) is 4.86. The zero-order valence-corrected chi connectivity index (χ0v) is 16.9. The van der Waals surface area contributed by atoms with Crippen molar-refractivity contribution in [1.82, 2.24) is 30.3 Å². The molecule has 9 heteroatoms. The van der Waals surface area contributed by atoms with E-state index in [2.05, 4.69) is 32.7 Å². The Morgan fingerprint density at radius 2 is 1.72 bits per heavy atom. The molecule has 1 aromatic heterocycles. The minimum Gasteiger partial charge on any atom is -0.356 e. The standard InChI is InChI=1S/C20H27N7O2/c1-3-17-25-24-14-26(17)13-11-23-20(21-2)22-10-6-7-12-27-18(28)15-8-4-5-9-16(15)19(27)29/h4-5,8-9,14H,3,6-7,10-13H2,1-2H3,(H2,21,22,23). The van der Waals surface area contributed by atoms with E-state index in [1.54, 1.807) is 37.6 Å². The Morgan fingerprint density at radius 1 is 1.03 bits per heavy atom. The van der Waals surface area contributed by atoms with Crippen LogP contribution in [0.3, 0.4) is 0 Å². The molecule has 1 aliphatic heterocycles. The highest BCUT2D eigenvalue weighted by atomic mass is 16.2. The number of carbonyl (C=O) groups excluding carboxylic acids is 2. The molecule has 0 aliphatic carbocycles. The number of carbonyl (C=O) groups is 2. The van der Waals surface area contributed by atoms with E-state index < -0.39 is 0 Å². The van der Waals surface area contributed by atoms with Crippen LogP contribution in [-0.2, 0) is 13.0 Å². The van der Waals surface area contributed by atoms with Gasteiger partial charge in [-0.05, 0) is 25.0 Å². The van der Waals surface area contributed by atoms with Crippen LogP contribution in [0.15, 0.2) is 35.6 Å². The number of amides is 2. The number of fused-ring (bicyclic) bond motifs is 1. The molecule has 29 heavy (non-hydrogen) atoms. The number of aryl methyl sites for hydroxylation is 1. The topological polar surface area (TPSA) is 105 Å². The number of benzene rings is 1. The van der Waals surface area contributed by atoms with Crippen molar-refractivity contribution in [3.63, 3.8) is 0 Å². The number of hydrogen-bond acceptors (Lipinski definition) is 5. The summed E-state index contributed by atoms with van der Waals surface area (Å²) in [6.45, 7) is 4.65. The molecule has 0 fully saturated rings. The Morgan fingerprint density at radius 3 is 2.38 bits per heavy atom. The van der Waals surface area contributed by atoms with Gasteiger partial charge in [-0.2, -0.15) is 0 Å². The van der Waals surface area contributed by atoms with Crippen LogP contribution in [-0.4, -0.2) is 64.1 Å². The number of guanidine groups is 1. The van der Waals surface area contributed by atoms with Crippen molar-refractivity contribution in [2.75, 3.05) is 26.7 Å². The molecule has 0 spiro atoms. The Hall–Kier alpha value is -3.23. The maximum atomic E-state index is 12.3. The molecule has 0 saturated heterocycles. The Kier molecular flexibility index (Phi) is 6.94. The molecule has 1 aromatic carbocycles. The zero-order chi connectivity index (χ0) is 20.6. The molecule has 3 rings (SSSR count). The monoisotopic (exact) mass is 397 g/mol. The fourth-order valence-electron chi connectivity index (χ4n) is 3.30. The number of imide groups is 1. The summed E-state index contributed by atoms with van der Waals surface area (Å²) in [6, 6.07) is 6.97. The highest BCUT2D eigenvalue weighted by Crippen LogP contribution is 2.22. The Labute approximate surface area is 170 Å². The normalized spacial score (nSPS) is 13.7. The fraction of sp³-hybridized carbons (Fsp3) is 0.450. The van der Waals surface area contributed by atoms with Crippen LogP contribution in [0, 0.1) is 0 Å². The first-order valence-corrected chi connectivity index (χ1v) is 9.92. The number of unbranched alkanes of at least 4 members (excludes halogenated alkanes) is 1. The first-order valence-electron chi connectivity index (χ1n) is 9.92. The van der Waals surface area contributed by atoms with Crippen molar-refractivity contribution in [3.05, 3.63) is 47.5 Å². The summed E-state index contributed by atoms with van der Waals surface area (Å²) in [7, 11) is 1.73. The van der Waals surface area contributed by atoms with Crippen molar-refractivity contribution in [3.8, 4) is 0 Å². The summed E-state index contributed by atoms with van der Waals surface area (Å²) < 4.78 is 2.02. The summed E-state index contributed by atoms with van der Waals surface area (Å²) in [5, 5.41) is 14.5. The molecule has 0 unspecified atom stereocenters. The molecular formula is C20H27N7O2. The minimum atomic E-state index is -0.198. The quantitative estimate of drug-likeness (QED) is 0.284. The second kappa shape index (κ2) is 9.81. The Balaban J connectivity index is 1.34. The van der Waals surface area contributed by atoms with Gasteiger partial charge in [0.15, 0.2) is 5.96 Å². The van der Waals surface area contributed by atoms with E-state index >= 15 is 0 Å². The molecule has 0 saturated carbocycles. The number of nitrogens with one attached hydrogen (secondary N) is 2. The van der Waals surface area contributed by atoms with E-state index in [9.17, 15) is 9.59 Å². The first-order chi connectivity index (χ1) is 14.2. The van der Waals surface area contributed by atoms with Gasteiger partial charge in [0.2, 0.25) is 0 Å². The highest BCUT2D eigenvalue weighted by Gasteiger charge is 2.34. The molecule has 9 nitrogen and oxygen atoms in total. The minimum absolute atomic E-state index is 0.198. The Bertz CT molecular complexity index is 855. The molecule has 2 N–H and O–H groups in total. The molecule has 0 atom stereocenters. The van der Waals surface area contributed by atoms with E-state index in [1.165, 1.54) is 4.90 Å². The van der Waals surface area contributed by atoms with Crippen molar-refractivity contribution < 1.29 is 9.59 Å². The second-order valence-corrected chi connectivity index (χ2v) is 6.73. The molecule has 2 heterocycles. The van der Waals surface area contributed by atoms with Gasteiger partial charge in [-0.25, -0.2) is 0 Å². The smallest absolute Gasteiger partial charge is 0.261 e. The van der Waals surface area contributed by atoms with Gasteiger partial charge in [-0.1, -0.05) is 19.1 Å². The zero-order valence-electron chi connectivity index (χ0n) is 16.9. The van der Waals surface area contributed by atoms with Gasteiger partial charge in [0, 0.05) is 39.6 Å². The van der Waals surface area contributed by atoms with Gasteiger partial charge in [0.1, 0.15) is 12.2 Å². The number of aliphatic imine (C=N–C) groups is 1. The fourth-order valence-corrected chi connectivity index (χ4v) is 3.30.